The average Bonchev–Trinajstić information content (AvgIpc) is 2.81. The number of nitrogens with one attached hydrogen (secondary N) is 2. The van der Waals surface area contributed by atoms with E-state index < -0.39 is 22.8 Å². The number of amides is 2. The number of ether oxygens (including phenoxy) is 2. The highest BCUT2D eigenvalue weighted by Gasteiger charge is 2.54. The number of hydrogen-bond donors (Lipinski definition) is 2. The minimum Gasteiger partial charge on any atom is -0.484 e. The summed E-state index contributed by atoms with van der Waals surface area (Å²) < 4.78 is 38.4. The molecule has 0 unspecified atom stereocenters. The van der Waals surface area contributed by atoms with Crippen LogP contribution in [0.4, 0.5) is 8.78 Å². The van der Waals surface area contributed by atoms with Gasteiger partial charge >= 0.3 is 0 Å². The summed E-state index contributed by atoms with van der Waals surface area (Å²) in [7, 11) is 0. The molecule has 2 amide bonds. The Morgan fingerprint density at radius 1 is 1.00 bits per heavy atom. The Labute approximate surface area is 199 Å². The average molecular weight is 499 g/mol. The lowest BCUT2D eigenvalue weighted by molar-refractivity contribution is -0.182. The fourth-order valence-electron chi connectivity index (χ4n) is 4.19. The van der Waals surface area contributed by atoms with E-state index in [1.807, 2.05) is 0 Å². The number of benzene rings is 2. The van der Waals surface area contributed by atoms with E-state index in [-0.39, 0.29) is 47.4 Å². The van der Waals surface area contributed by atoms with Crippen LogP contribution in [0.25, 0.3) is 0 Å². The molecule has 2 heterocycles. The van der Waals surface area contributed by atoms with E-state index >= 15 is 0 Å². The van der Waals surface area contributed by atoms with Crippen molar-refractivity contribution in [3.8, 4) is 5.75 Å². The predicted molar refractivity (Wildman–Crippen MR) is 118 cm³/mol. The van der Waals surface area contributed by atoms with Crippen molar-refractivity contribution >= 4 is 35.0 Å². The molecule has 2 aromatic carbocycles. The monoisotopic (exact) mass is 498 g/mol. The molecule has 2 N–H and O–H groups in total. The summed E-state index contributed by atoms with van der Waals surface area (Å²) in [4.78, 5) is 25.2. The van der Waals surface area contributed by atoms with Crippen LogP contribution < -0.4 is 15.4 Å². The third-order valence-electron chi connectivity index (χ3n) is 6.16. The van der Waals surface area contributed by atoms with E-state index in [2.05, 4.69) is 10.6 Å². The molecule has 3 aliphatic rings. The maximum Gasteiger partial charge on any atom is 0.258 e. The Hall–Kier alpha value is -2.42. The highest BCUT2D eigenvalue weighted by Crippen LogP contribution is 2.43. The molecule has 176 valence electrons. The van der Waals surface area contributed by atoms with E-state index in [9.17, 15) is 18.4 Å². The summed E-state index contributed by atoms with van der Waals surface area (Å²) in [6.45, 7) is 0.0615. The van der Waals surface area contributed by atoms with Crippen LogP contribution >= 0.6 is 23.2 Å². The minimum absolute atomic E-state index is 0.0238. The normalized spacial score (nSPS) is 23.8. The van der Waals surface area contributed by atoms with Crippen LogP contribution in [0.3, 0.4) is 0 Å². The summed E-state index contributed by atoms with van der Waals surface area (Å²) in [5.74, 6) is -1.59. The number of rotatable bonds is 7. The smallest absolute Gasteiger partial charge is 0.258 e. The molecule has 0 radical (unpaired) electrons. The lowest BCUT2D eigenvalue weighted by Crippen LogP contribution is -2.66. The van der Waals surface area contributed by atoms with Crippen LogP contribution in [-0.4, -0.2) is 36.2 Å². The third-order valence-corrected chi connectivity index (χ3v) is 6.77. The van der Waals surface area contributed by atoms with Crippen molar-refractivity contribution in [2.24, 2.45) is 0 Å². The SMILES string of the molecule is O=C(COc1ccc(Cl)c(F)c1)NC12CCC(C(=O)NCc3ccc(Cl)c(F)c3)(CC1)OC2. The molecule has 10 heteroatoms. The van der Waals surface area contributed by atoms with Crippen molar-refractivity contribution in [3.05, 3.63) is 63.6 Å². The summed E-state index contributed by atoms with van der Waals surface area (Å²) >= 11 is 11.3. The van der Waals surface area contributed by atoms with Gasteiger partial charge in [-0.05, 0) is 55.5 Å². The molecule has 0 aromatic heterocycles. The first-order chi connectivity index (χ1) is 15.7. The number of carbonyl (C=O) groups excluding carboxylic acids is 2. The van der Waals surface area contributed by atoms with E-state index in [1.165, 1.54) is 24.3 Å². The highest BCUT2D eigenvalue weighted by atomic mass is 35.5. The number of fused-ring (bicyclic) bond motifs is 3. The molecule has 6 nitrogen and oxygen atoms in total. The molecule has 33 heavy (non-hydrogen) atoms. The van der Waals surface area contributed by atoms with Gasteiger partial charge < -0.3 is 20.1 Å². The molecule has 5 rings (SSSR count). The Kier molecular flexibility index (Phi) is 6.79. The summed E-state index contributed by atoms with van der Waals surface area (Å²) in [6.07, 6.45) is 2.02. The van der Waals surface area contributed by atoms with Crippen LogP contribution in [0, 0.1) is 11.6 Å². The summed E-state index contributed by atoms with van der Waals surface area (Å²) in [5, 5.41) is 5.75. The zero-order valence-corrected chi connectivity index (χ0v) is 19.1. The number of carbonyl (C=O) groups is 2. The van der Waals surface area contributed by atoms with E-state index in [4.69, 9.17) is 32.7 Å². The Morgan fingerprint density at radius 3 is 2.27 bits per heavy atom. The van der Waals surface area contributed by atoms with Gasteiger partial charge in [0.05, 0.1) is 22.2 Å². The summed E-state index contributed by atoms with van der Waals surface area (Å²) in [5.41, 5.74) is -0.947. The quantitative estimate of drug-likeness (QED) is 0.600. The predicted octanol–water partition coefficient (Wildman–Crippen LogP) is 4.16. The van der Waals surface area contributed by atoms with Crippen LogP contribution in [0.1, 0.15) is 31.2 Å². The topological polar surface area (TPSA) is 76.7 Å². The van der Waals surface area contributed by atoms with Crippen molar-refractivity contribution < 1.29 is 27.8 Å². The van der Waals surface area contributed by atoms with E-state index in [0.717, 1.165) is 6.07 Å². The van der Waals surface area contributed by atoms with Gasteiger partial charge in [0.1, 0.15) is 23.0 Å². The Balaban J connectivity index is 1.27. The van der Waals surface area contributed by atoms with Crippen molar-refractivity contribution in [2.75, 3.05) is 13.2 Å². The fourth-order valence-corrected chi connectivity index (χ4v) is 4.43. The van der Waals surface area contributed by atoms with Crippen molar-refractivity contribution in [1.82, 2.24) is 10.6 Å². The van der Waals surface area contributed by atoms with Gasteiger partial charge in [0, 0.05) is 12.6 Å². The van der Waals surface area contributed by atoms with Crippen LogP contribution in [0.2, 0.25) is 10.0 Å². The van der Waals surface area contributed by atoms with E-state index in [0.29, 0.717) is 31.2 Å². The lowest BCUT2D eigenvalue weighted by atomic mass is 9.70. The van der Waals surface area contributed by atoms with Gasteiger partial charge in [-0.2, -0.15) is 0 Å². The fraction of sp³-hybridized carbons (Fsp3) is 0.391. The van der Waals surface area contributed by atoms with Crippen molar-refractivity contribution in [2.45, 2.75) is 43.4 Å². The molecule has 2 aliphatic heterocycles. The molecule has 1 aliphatic carbocycles. The minimum atomic E-state index is -0.964. The van der Waals surface area contributed by atoms with Gasteiger partial charge in [-0.1, -0.05) is 29.3 Å². The molecule has 1 saturated carbocycles. The number of hydrogen-bond acceptors (Lipinski definition) is 4. The van der Waals surface area contributed by atoms with Gasteiger partial charge in [-0.15, -0.1) is 0 Å². The second-order valence-electron chi connectivity index (χ2n) is 8.41. The second kappa shape index (κ2) is 9.44. The van der Waals surface area contributed by atoms with Gasteiger partial charge in [0.15, 0.2) is 6.61 Å². The van der Waals surface area contributed by atoms with E-state index in [1.54, 1.807) is 6.07 Å². The first-order valence-corrected chi connectivity index (χ1v) is 11.2. The molecular weight excluding hydrogens is 477 g/mol. The van der Waals surface area contributed by atoms with Crippen molar-refractivity contribution in [1.29, 1.82) is 0 Å². The standard InChI is InChI=1S/C23H22Cl2F2N2O4/c24-16-3-1-14(9-18(16)26)11-28-21(31)23-7-5-22(6-8-23,13-33-23)29-20(30)12-32-15-2-4-17(25)19(27)10-15/h1-4,9-10H,5-8,11-13H2,(H,28,31)(H,29,30). The molecule has 0 atom stereocenters. The van der Waals surface area contributed by atoms with Gasteiger partial charge in [0.2, 0.25) is 0 Å². The highest BCUT2D eigenvalue weighted by molar-refractivity contribution is 6.31. The molecule has 2 aromatic rings. The van der Waals surface area contributed by atoms with Gasteiger partial charge in [0.25, 0.3) is 11.8 Å². The lowest BCUT2D eigenvalue weighted by Gasteiger charge is -2.52. The van der Waals surface area contributed by atoms with Gasteiger partial charge in [-0.25, -0.2) is 8.78 Å². The maximum absolute atomic E-state index is 13.6. The van der Waals surface area contributed by atoms with Gasteiger partial charge in [-0.3, -0.25) is 9.59 Å². The first kappa shape index (κ1) is 23.7. The Bertz CT molecular complexity index is 1060. The largest absolute Gasteiger partial charge is 0.484 e. The second-order valence-corrected chi connectivity index (χ2v) is 9.22. The zero-order valence-electron chi connectivity index (χ0n) is 17.6. The van der Waals surface area contributed by atoms with Crippen molar-refractivity contribution in [3.63, 3.8) is 0 Å². The van der Waals surface area contributed by atoms with Crippen LogP contribution in [-0.2, 0) is 20.9 Å². The molecule has 2 saturated heterocycles. The Morgan fingerprint density at radius 2 is 1.67 bits per heavy atom. The molecule has 3 fully saturated rings. The first-order valence-electron chi connectivity index (χ1n) is 10.5. The van der Waals surface area contributed by atoms with Crippen LogP contribution in [0.15, 0.2) is 36.4 Å². The molecule has 0 spiro atoms. The molecule has 2 bridgehead atoms. The third kappa shape index (κ3) is 5.23. The summed E-state index contributed by atoms with van der Waals surface area (Å²) in [6, 6.07) is 8.32. The maximum atomic E-state index is 13.6. The zero-order chi connectivity index (χ0) is 23.6. The van der Waals surface area contributed by atoms with Crippen LogP contribution in [0.5, 0.6) is 5.75 Å². The number of halogens is 4. The molecular formula is C23H22Cl2F2N2O4.